The van der Waals surface area contributed by atoms with Crippen LogP contribution in [0.4, 0.5) is 0 Å². The number of amides is 2. The van der Waals surface area contributed by atoms with E-state index in [4.69, 9.17) is 21.1 Å². The number of benzene rings is 2. The first kappa shape index (κ1) is 19.0. The summed E-state index contributed by atoms with van der Waals surface area (Å²) in [5.74, 6) is 0.653. The summed E-state index contributed by atoms with van der Waals surface area (Å²) < 4.78 is 11.2. The first-order valence-electron chi connectivity index (χ1n) is 8.65. The molecule has 0 spiro atoms. The maximum atomic E-state index is 12.8. The summed E-state index contributed by atoms with van der Waals surface area (Å²) in [7, 11) is 3.30. The number of rotatable bonds is 4. The van der Waals surface area contributed by atoms with E-state index in [0.29, 0.717) is 47.4 Å². The molecule has 0 aliphatic carbocycles. The van der Waals surface area contributed by atoms with Crippen LogP contribution in [0.25, 0.3) is 0 Å². The first-order valence-corrected chi connectivity index (χ1v) is 9.03. The van der Waals surface area contributed by atoms with Gasteiger partial charge in [0.2, 0.25) is 0 Å². The SMILES string of the molecule is CNC(=O)c1ccc(CN(C)C(=O)c2cc(Cl)c3c(c2)OCCCO3)cc1. The van der Waals surface area contributed by atoms with Crippen molar-refractivity contribution in [2.24, 2.45) is 0 Å². The van der Waals surface area contributed by atoms with Gasteiger partial charge < -0.3 is 19.7 Å². The number of nitrogens with one attached hydrogen (secondary N) is 1. The molecule has 1 heterocycles. The Labute approximate surface area is 163 Å². The highest BCUT2D eigenvalue weighted by Gasteiger charge is 2.20. The van der Waals surface area contributed by atoms with Gasteiger partial charge in [-0.05, 0) is 29.8 Å². The van der Waals surface area contributed by atoms with Crippen molar-refractivity contribution < 1.29 is 19.1 Å². The zero-order valence-electron chi connectivity index (χ0n) is 15.3. The standard InChI is InChI=1S/C20H21ClN2O4/c1-22-19(24)14-6-4-13(5-7-14)12-23(2)20(25)15-10-16(21)18-17(11-15)26-8-3-9-27-18/h4-7,10-11H,3,8-9,12H2,1-2H3,(H,22,24). The fourth-order valence-corrected chi connectivity index (χ4v) is 3.09. The number of ether oxygens (including phenoxy) is 2. The Morgan fingerprint density at radius 1 is 1.11 bits per heavy atom. The van der Waals surface area contributed by atoms with Crippen molar-refractivity contribution in [1.82, 2.24) is 10.2 Å². The van der Waals surface area contributed by atoms with E-state index in [-0.39, 0.29) is 11.8 Å². The third-order valence-electron chi connectivity index (χ3n) is 4.26. The third-order valence-corrected chi connectivity index (χ3v) is 4.54. The van der Waals surface area contributed by atoms with Gasteiger partial charge in [0.15, 0.2) is 11.5 Å². The average molecular weight is 389 g/mol. The monoisotopic (exact) mass is 388 g/mol. The molecule has 1 aliphatic rings. The molecule has 2 aromatic carbocycles. The van der Waals surface area contributed by atoms with Crippen LogP contribution in [-0.4, -0.2) is 44.0 Å². The van der Waals surface area contributed by atoms with Gasteiger partial charge >= 0.3 is 0 Å². The van der Waals surface area contributed by atoms with Crippen LogP contribution >= 0.6 is 11.6 Å². The second kappa shape index (κ2) is 8.31. The van der Waals surface area contributed by atoms with Crippen LogP contribution in [0, 0.1) is 0 Å². The minimum atomic E-state index is -0.178. The van der Waals surface area contributed by atoms with Gasteiger partial charge in [-0.15, -0.1) is 0 Å². The number of carbonyl (C=O) groups excluding carboxylic acids is 2. The Morgan fingerprint density at radius 3 is 2.52 bits per heavy atom. The molecule has 0 atom stereocenters. The molecule has 3 rings (SSSR count). The van der Waals surface area contributed by atoms with Crippen molar-refractivity contribution in [3.8, 4) is 11.5 Å². The lowest BCUT2D eigenvalue weighted by Gasteiger charge is -2.19. The molecule has 0 saturated carbocycles. The Bertz CT molecular complexity index is 852. The van der Waals surface area contributed by atoms with Crippen LogP contribution in [0.3, 0.4) is 0 Å². The number of fused-ring (bicyclic) bond motifs is 1. The van der Waals surface area contributed by atoms with Crippen molar-refractivity contribution in [2.75, 3.05) is 27.3 Å². The summed E-state index contributed by atoms with van der Waals surface area (Å²) in [6.07, 6.45) is 0.764. The van der Waals surface area contributed by atoms with E-state index in [1.807, 2.05) is 12.1 Å². The summed E-state index contributed by atoms with van der Waals surface area (Å²) in [6.45, 7) is 1.46. The fourth-order valence-electron chi connectivity index (χ4n) is 2.83. The fraction of sp³-hybridized carbons (Fsp3) is 0.300. The predicted octanol–water partition coefficient (Wildman–Crippen LogP) is 3.13. The smallest absolute Gasteiger partial charge is 0.254 e. The lowest BCUT2D eigenvalue weighted by molar-refractivity contribution is 0.0784. The lowest BCUT2D eigenvalue weighted by Crippen LogP contribution is -2.26. The van der Waals surface area contributed by atoms with Gasteiger partial charge in [-0.25, -0.2) is 0 Å². The maximum Gasteiger partial charge on any atom is 0.254 e. The number of nitrogens with zero attached hydrogens (tertiary/aromatic N) is 1. The Morgan fingerprint density at radius 2 is 1.81 bits per heavy atom. The number of hydrogen-bond acceptors (Lipinski definition) is 4. The topological polar surface area (TPSA) is 67.9 Å². The lowest BCUT2D eigenvalue weighted by atomic mass is 10.1. The third kappa shape index (κ3) is 4.34. The van der Waals surface area contributed by atoms with Crippen molar-refractivity contribution in [3.05, 3.63) is 58.1 Å². The number of hydrogen-bond donors (Lipinski definition) is 1. The Balaban J connectivity index is 1.74. The molecule has 7 heteroatoms. The van der Waals surface area contributed by atoms with Gasteiger partial charge in [0, 0.05) is 38.2 Å². The molecule has 142 valence electrons. The highest BCUT2D eigenvalue weighted by molar-refractivity contribution is 6.32. The minimum Gasteiger partial charge on any atom is -0.489 e. The van der Waals surface area contributed by atoms with E-state index in [1.165, 1.54) is 0 Å². The molecule has 0 aromatic heterocycles. The molecule has 0 radical (unpaired) electrons. The van der Waals surface area contributed by atoms with Gasteiger partial charge in [0.05, 0.1) is 18.2 Å². The van der Waals surface area contributed by atoms with E-state index in [9.17, 15) is 9.59 Å². The molecular formula is C20H21ClN2O4. The van der Waals surface area contributed by atoms with Crippen LogP contribution in [0.15, 0.2) is 36.4 Å². The molecule has 27 heavy (non-hydrogen) atoms. The summed E-state index contributed by atoms with van der Waals surface area (Å²) in [6, 6.07) is 10.4. The molecule has 1 aliphatic heterocycles. The Hall–Kier alpha value is -2.73. The van der Waals surface area contributed by atoms with Crippen LogP contribution < -0.4 is 14.8 Å². The van der Waals surface area contributed by atoms with E-state index < -0.39 is 0 Å². The van der Waals surface area contributed by atoms with E-state index in [1.54, 1.807) is 43.3 Å². The summed E-state index contributed by atoms with van der Waals surface area (Å²) in [5, 5.41) is 2.94. The molecule has 0 fully saturated rings. The molecular weight excluding hydrogens is 368 g/mol. The highest BCUT2D eigenvalue weighted by atomic mass is 35.5. The second-order valence-corrected chi connectivity index (χ2v) is 6.68. The average Bonchev–Trinajstić information content (AvgIpc) is 2.93. The van der Waals surface area contributed by atoms with Gasteiger partial charge in [-0.3, -0.25) is 9.59 Å². The van der Waals surface area contributed by atoms with Crippen molar-refractivity contribution in [1.29, 1.82) is 0 Å². The van der Waals surface area contributed by atoms with Gasteiger partial charge in [0.25, 0.3) is 11.8 Å². The normalized spacial score (nSPS) is 12.9. The molecule has 2 aromatic rings. The predicted molar refractivity (Wildman–Crippen MR) is 103 cm³/mol. The number of halogens is 1. The van der Waals surface area contributed by atoms with Crippen molar-refractivity contribution in [2.45, 2.75) is 13.0 Å². The zero-order chi connectivity index (χ0) is 19.4. The molecule has 0 unspecified atom stereocenters. The summed E-state index contributed by atoms with van der Waals surface area (Å²) >= 11 is 6.28. The van der Waals surface area contributed by atoms with Crippen LogP contribution in [0.2, 0.25) is 5.02 Å². The minimum absolute atomic E-state index is 0.146. The molecule has 2 amide bonds. The Kier molecular flexibility index (Phi) is 5.86. The zero-order valence-corrected chi connectivity index (χ0v) is 16.0. The van der Waals surface area contributed by atoms with E-state index in [2.05, 4.69) is 5.32 Å². The van der Waals surface area contributed by atoms with Crippen molar-refractivity contribution in [3.63, 3.8) is 0 Å². The maximum absolute atomic E-state index is 12.8. The second-order valence-electron chi connectivity index (χ2n) is 6.27. The van der Waals surface area contributed by atoms with E-state index in [0.717, 1.165) is 12.0 Å². The highest BCUT2D eigenvalue weighted by Crippen LogP contribution is 2.38. The largest absolute Gasteiger partial charge is 0.489 e. The van der Waals surface area contributed by atoms with Gasteiger partial charge in [0.1, 0.15) is 0 Å². The van der Waals surface area contributed by atoms with Crippen LogP contribution in [0.1, 0.15) is 32.7 Å². The van der Waals surface area contributed by atoms with Crippen molar-refractivity contribution >= 4 is 23.4 Å². The quantitative estimate of drug-likeness (QED) is 0.873. The molecule has 6 nitrogen and oxygen atoms in total. The molecule has 0 bridgehead atoms. The molecule has 1 N–H and O–H groups in total. The van der Waals surface area contributed by atoms with Crippen LogP contribution in [0.5, 0.6) is 11.5 Å². The summed E-state index contributed by atoms with van der Waals surface area (Å²) in [4.78, 5) is 26.0. The first-order chi connectivity index (χ1) is 13.0. The van der Waals surface area contributed by atoms with Gasteiger partial charge in [-0.2, -0.15) is 0 Å². The van der Waals surface area contributed by atoms with Crippen LogP contribution in [-0.2, 0) is 6.54 Å². The number of carbonyl (C=O) groups is 2. The molecule has 0 saturated heterocycles. The summed E-state index contributed by atoms with van der Waals surface area (Å²) in [5.41, 5.74) is 1.93. The van der Waals surface area contributed by atoms with E-state index >= 15 is 0 Å². The van der Waals surface area contributed by atoms with Gasteiger partial charge in [-0.1, -0.05) is 23.7 Å².